The summed E-state index contributed by atoms with van der Waals surface area (Å²) in [6, 6.07) is 16.7. The van der Waals surface area contributed by atoms with Crippen molar-refractivity contribution in [2.45, 2.75) is 23.9 Å². The molecule has 190 valence electrons. The molecule has 3 aromatic carbocycles. The van der Waals surface area contributed by atoms with Gasteiger partial charge in [0.1, 0.15) is 29.2 Å². The predicted molar refractivity (Wildman–Crippen MR) is 135 cm³/mol. The molecule has 0 N–H and O–H groups in total. The number of rotatable bonds is 10. The molecule has 0 aliphatic rings. The topological polar surface area (TPSA) is 126 Å². The van der Waals surface area contributed by atoms with Crippen molar-refractivity contribution >= 4 is 29.1 Å². The minimum atomic E-state index is -0.666. The van der Waals surface area contributed by atoms with Gasteiger partial charge in [-0.05, 0) is 54.4 Å². The summed E-state index contributed by atoms with van der Waals surface area (Å²) in [5.41, 5.74) is 1.73. The SMILES string of the molecule is Cc1nnc(S[C@@H](C[N+](=O)[O-])c2ccc(OCc3cccc([N+](=O)[O-])c3)c(Cl)c2)n1-c1ccc(F)cc1. The van der Waals surface area contributed by atoms with E-state index in [0.29, 0.717) is 33.5 Å². The average Bonchev–Trinajstić information content (AvgIpc) is 3.23. The monoisotopic (exact) mass is 543 g/mol. The van der Waals surface area contributed by atoms with E-state index in [1.165, 1.54) is 24.3 Å². The zero-order valence-electron chi connectivity index (χ0n) is 19.3. The Morgan fingerprint density at radius 1 is 1.08 bits per heavy atom. The Morgan fingerprint density at radius 2 is 1.84 bits per heavy atom. The lowest BCUT2D eigenvalue weighted by molar-refractivity contribution is -0.479. The van der Waals surface area contributed by atoms with Gasteiger partial charge in [-0.15, -0.1) is 10.2 Å². The normalized spacial score (nSPS) is 11.8. The highest BCUT2D eigenvalue weighted by atomic mass is 35.5. The van der Waals surface area contributed by atoms with Crippen molar-refractivity contribution in [1.29, 1.82) is 0 Å². The first-order valence-electron chi connectivity index (χ1n) is 10.8. The molecule has 0 aliphatic heterocycles. The average molecular weight is 544 g/mol. The van der Waals surface area contributed by atoms with Crippen molar-refractivity contribution in [3.8, 4) is 11.4 Å². The summed E-state index contributed by atoms with van der Waals surface area (Å²) in [7, 11) is 0. The van der Waals surface area contributed by atoms with Crippen LogP contribution in [0.2, 0.25) is 5.02 Å². The number of nitro benzene ring substituents is 1. The van der Waals surface area contributed by atoms with E-state index in [0.717, 1.165) is 11.8 Å². The fraction of sp³-hybridized carbons (Fsp3) is 0.167. The third-order valence-electron chi connectivity index (χ3n) is 5.29. The van der Waals surface area contributed by atoms with Gasteiger partial charge in [0.05, 0.1) is 9.95 Å². The molecule has 0 aliphatic carbocycles. The highest BCUT2D eigenvalue weighted by Gasteiger charge is 2.24. The molecule has 37 heavy (non-hydrogen) atoms. The molecular formula is C24H19ClFN5O5S. The van der Waals surface area contributed by atoms with E-state index in [9.17, 15) is 24.6 Å². The Labute approximate surface area is 219 Å². The highest BCUT2D eigenvalue weighted by molar-refractivity contribution is 7.99. The van der Waals surface area contributed by atoms with Gasteiger partial charge in [0, 0.05) is 22.7 Å². The van der Waals surface area contributed by atoms with Crippen LogP contribution in [0, 0.1) is 33.0 Å². The van der Waals surface area contributed by atoms with Crippen molar-refractivity contribution in [3.05, 3.63) is 115 Å². The standard InChI is InChI=1S/C24H19ClFN5O5S/c1-15-27-28-24(30(15)19-8-6-18(26)7-9-19)37-23(13-29(32)33)17-5-10-22(21(25)12-17)36-14-16-3-2-4-20(11-16)31(34)35/h2-12,23H,13-14H2,1H3/t23-/m0/s1. The number of nitrogens with zero attached hydrogens (tertiary/aromatic N) is 5. The number of nitro groups is 2. The summed E-state index contributed by atoms with van der Waals surface area (Å²) in [5.74, 6) is 0.473. The molecule has 10 nitrogen and oxygen atoms in total. The van der Waals surface area contributed by atoms with Gasteiger partial charge in [0.25, 0.3) is 5.69 Å². The van der Waals surface area contributed by atoms with Crippen LogP contribution in [0.1, 0.15) is 22.2 Å². The van der Waals surface area contributed by atoms with E-state index in [4.69, 9.17) is 16.3 Å². The molecule has 4 rings (SSSR count). The number of aromatic nitrogens is 3. The molecule has 4 aromatic rings. The molecule has 0 saturated carbocycles. The number of benzene rings is 3. The van der Waals surface area contributed by atoms with Gasteiger partial charge in [-0.1, -0.05) is 41.6 Å². The molecule has 0 spiro atoms. The van der Waals surface area contributed by atoms with Gasteiger partial charge in [0.2, 0.25) is 6.54 Å². The molecular weight excluding hydrogens is 525 g/mol. The van der Waals surface area contributed by atoms with E-state index in [-0.39, 0.29) is 17.3 Å². The second-order valence-electron chi connectivity index (χ2n) is 7.87. The summed E-state index contributed by atoms with van der Waals surface area (Å²) < 4.78 is 20.8. The van der Waals surface area contributed by atoms with Gasteiger partial charge in [-0.2, -0.15) is 0 Å². The van der Waals surface area contributed by atoms with Crippen molar-refractivity contribution in [3.63, 3.8) is 0 Å². The summed E-state index contributed by atoms with van der Waals surface area (Å²) in [6.45, 7) is 1.37. The van der Waals surface area contributed by atoms with Crippen LogP contribution in [0.4, 0.5) is 10.1 Å². The molecule has 13 heteroatoms. The van der Waals surface area contributed by atoms with Crippen LogP contribution >= 0.6 is 23.4 Å². The first-order valence-corrected chi connectivity index (χ1v) is 12.1. The number of halogens is 2. The number of hydrogen-bond donors (Lipinski definition) is 0. The second-order valence-corrected chi connectivity index (χ2v) is 9.45. The fourth-order valence-corrected chi connectivity index (χ4v) is 4.94. The van der Waals surface area contributed by atoms with Crippen molar-refractivity contribution in [2.75, 3.05) is 6.54 Å². The van der Waals surface area contributed by atoms with Crippen molar-refractivity contribution in [2.24, 2.45) is 0 Å². The van der Waals surface area contributed by atoms with Crippen LogP contribution in [0.15, 0.2) is 71.9 Å². The van der Waals surface area contributed by atoms with Crippen LogP contribution in [0.25, 0.3) is 5.69 Å². The molecule has 1 atom stereocenters. The van der Waals surface area contributed by atoms with Crippen LogP contribution in [0.5, 0.6) is 5.75 Å². The van der Waals surface area contributed by atoms with Crippen LogP contribution in [-0.2, 0) is 6.61 Å². The molecule has 1 heterocycles. The quantitative estimate of drug-likeness (QED) is 0.136. The molecule has 0 saturated heterocycles. The number of non-ortho nitro benzene ring substituents is 1. The van der Waals surface area contributed by atoms with E-state index in [1.807, 2.05) is 0 Å². The predicted octanol–water partition coefficient (Wildman–Crippen LogP) is 5.97. The lowest BCUT2D eigenvalue weighted by Crippen LogP contribution is -2.11. The maximum Gasteiger partial charge on any atom is 0.269 e. The van der Waals surface area contributed by atoms with Gasteiger partial charge in [-0.25, -0.2) is 4.39 Å². The van der Waals surface area contributed by atoms with Crippen molar-refractivity contribution in [1.82, 2.24) is 14.8 Å². The van der Waals surface area contributed by atoms with E-state index in [1.54, 1.807) is 54.0 Å². The van der Waals surface area contributed by atoms with Crippen LogP contribution in [-0.4, -0.2) is 31.2 Å². The second kappa shape index (κ2) is 11.4. The van der Waals surface area contributed by atoms with Gasteiger partial charge in [-0.3, -0.25) is 24.8 Å². The fourth-order valence-electron chi connectivity index (χ4n) is 3.54. The zero-order valence-corrected chi connectivity index (χ0v) is 20.9. The number of hydrogen-bond acceptors (Lipinski definition) is 8. The molecule has 0 radical (unpaired) electrons. The first kappa shape index (κ1) is 26.0. The van der Waals surface area contributed by atoms with E-state index < -0.39 is 27.5 Å². The minimum Gasteiger partial charge on any atom is -0.487 e. The highest BCUT2D eigenvalue weighted by Crippen LogP contribution is 2.38. The van der Waals surface area contributed by atoms with Gasteiger partial charge >= 0.3 is 0 Å². The Bertz CT molecular complexity index is 1450. The Kier molecular flexibility index (Phi) is 7.99. The van der Waals surface area contributed by atoms with Gasteiger partial charge in [0.15, 0.2) is 5.16 Å². The lowest BCUT2D eigenvalue weighted by Gasteiger charge is -2.16. The largest absolute Gasteiger partial charge is 0.487 e. The maximum atomic E-state index is 13.4. The summed E-state index contributed by atoms with van der Waals surface area (Å²) in [4.78, 5) is 21.5. The van der Waals surface area contributed by atoms with Crippen LogP contribution < -0.4 is 4.74 Å². The smallest absolute Gasteiger partial charge is 0.269 e. The minimum absolute atomic E-state index is 0.0495. The third kappa shape index (κ3) is 6.40. The maximum absolute atomic E-state index is 13.4. The Balaban J connectivity index is 1.56. The van der Waals surface area contributed by atoms with E-state index in [2.05, 4.69) is 10.2 Å². The Morgan fingerprint density at radius 3 is 2.51 bits per heavy atom. The van der Waals surface area contributed by atoms with Crippen molar-refractivity contribution < 1.29 is 19.0 Å². The number of thioether (sulfide) groups is 1. The summed E-state index contributed by atoms with van der Waals surface area (Å²) >= 11 is 7.56. The van der Waals surface area contributed by atoms with E-state index >= 15 is 0 Å². The first-order chi connectivity index (χ1) is 17.7. The Hall–Kier alpha value is -4.03. The summed E-state index contributed by atoms with van der Waals surface area (Å²) in [6.07, 6.45) is 0. The molecule has 0 bridgehead atoms. The van der Waals surface area contributed by atoms with Crippen LogP contribution in [0.3, 0.4) is 0 Å². The summed E-state index contributed by atoms with van der Waals surface area (Å²) in [5, 5.41) is 30.6. The number of aryl methyl sites for hydroxylation is 1. The molecule has 0 unspecified atom stereocenters. The van der Waals surface area contributed by atoms with Gasteiger partial charge < -0.3 is 4.74 Å². The molecule has 0 fully saturated rings. The zero-order chi connectivity index (χ0) is 26.5. The molecule has 1 aromatic heterocycles. The number of ether oxygens (including phenoxy) is 1. The lowest BCUT2D eigenvalue weighted by atomic mass is 10.1. The molecule has 0 amide bonds. The third-order valence-corrected chi connectivity index (χ3v) is 6.76.